The number of ether oxygens (including phenoxy) is 1. The summed E-state index contributed by atoms with van der Waals surface area (Å²) in [5, 5.41) is 0. The number of rotatable bonds is 6. The van der Waals surface area contributed by atoms with Gasteiger partial charge in [0.15, 0.2) is 25.8 Å². The Morgan fingerprint density at radius 1 is 0.917 bits per heavy atom. The van der Waals surface area contributed by atoms with E-state index in [0.29, 0.717) is 0 Å². The number of sulfone groups is 2. The lowest BCUT2D eigenvalue weighted by molar-refractivity contribution is -0.189. The van der Waals surface area contributed by atoms with Gasteiger partial charge in [-0.3, -0.25) is 4.79 Å². The number of hydrogen-bond donors (Lipinski definition) is 0. The Hall–Kier alpha value is -2.87. The minimum Gasteiger partial charge on any atom is -0.480 e. The van der Waals surface area contributed by atoms with Crippen LogP contribution >= 0.6 is 0 Å². The maximum Gasteiger partial charge on any atom is 0.425 e. The maximum absolute atomic E-state index is 14.6. The monoisotopic (exact) mass is 552 g/mol. The van der Waals surface area contributed by atoms with Gasteiger partial charge in [-0.2, -0.15) is 13.2 Å². The number of carbonyl (C=O) groups excluding carboxylic acids is 1. The molecule has 3 rings (SSSR count). The van der Waals surface area contributed by atoms with E-state index in [1.54, 1.807) is 4.90 Å². The summed E-state index contributed by atoms with van der Waals surface area (Å²) in [5.41, 5.74) is -0.206. The second-order valence-electron chi connectivity index (χ2n) is 8.40. The minimum atomic E-state index is -4.71. The van der Waals surface area contributed by atoms with Crippen molar-refractivity contribution in [3.63, 3.8) is 0 Å². The normalized spacial score (nSPS) is 16.1. The molecule has 2 aromatic rings. The Morgan fingerprint density at radius 3 is 1.94 bits per heavy atom. The fourth-order valence-corrected chi connectivity index (χ4v) is 4.84. The number of halogens is 4. The summed E-state index contributed by atoms with van der Waals surface area (Å²) in [6.07, 6.45) is -5.10. The molecule has 1 saturated heterocycles. The van der Waals surface area contributed by atoms with E-state index in [-0.39, 0.29) is 47.2 Å². The summed E-state index contributed by atoms with van der Waals surface area (Å²) in [4.78, 5) is 15.7. The number of piperazine rings is 1. The number of amides is 1. The van der Waals surface area contributed by atoms with Crippen molar-refractivity contribution in [2.45, 2.75) is 29.0 Å². The van der Waals surface area contributed by atoms with Gasteiger partial charge in [-0.05, 0) is 43.3 Å². The van der Waals surface area contributed by atoms with Crippen molar-refractivity contribution in [3.05, 3.63) is 47.8 Å². The molecule has 0 N–H and O–H groups in total. The van der Waals surface area contributed by atoms with Gasteiger partial charge in [-0.25, -0.2) is 21.2 Å². The molecule has 1 heterocycles. The number of alkyl halides is 3. The molecule has 1 aliphatic rings. The molecule has 2 aromatic carbocycles. The second kappa shape index (κ2) is 9.88. The van der Waals surface area contributed by atoms with Crippen LogP contribution in [0.1, 0.15) is 17.3 Å². The summed E-state index contributed by atoms with van der Waals surface area (Å²) in [5.74, 6) is -1.91. The van der Waals surface area contributed by atoms with E-state index in [2.05, 4.69) is 0 Å². The van der Waals surface area contributed by atoms with Crippen LogP contribution in [-0.2, 0) is 19.7 Å². The van der Waals surface area contributed by atoms with Crippen LogP contribution in [0.3, 0.4) is 0 Å². The third-order valence-corrected chi connectivity index (χ3v) is 7.85. The van der Waals surface area contributed by atoms with Crippen LogP contribution in [0.5, 0.6) is 5.75 Å². The van der Waals surface area contributed by atoms with E-state index in [1.807, 2.05) is 0 Å². The number of nitrogens with zero attached hydrogens (tertiary/aromatic N) is 2. The van der Waals surface area contributed by atoms with Gasteiger partial charge in [0, 0.05) is 38.7 Å². The molecule has 1 atom stereocenters. The zero-order chi connectivity index (χ0) is 27.1. The fraction of sp³-hybridized carbons (Fsp3) is 0.409. The molecule has 0 unspecified atom stereocenters. The lowest BCUT2D eigenvalue weighted by Gasteiger charge is -2.36. The van der Waals surface area contributed by atoms with E-state index in [0.717, 1.165) is 43.7 Å². The highest BCUT2D eigenvalue weighted by molar-refractivity contribution is 7.91. The van der Waals surface area contributed by atoms with Crippen LogP contribution in [0.2, 0.25) is 0 Å². The molecule has 8 nitrogen and oxygen atoms in total. The summed E-state index contributed by atoms with van der Waals surface area (Å²) < 4.78 is 106. The van der Waals surface area contributed by atoms with Crippen molar-refractivity contribution in [2.24, 2.45) is 0 Å². The first-order valence-electron chi connectivity index (χ1n) is 10.6. The van der Waals surface area contributed by atoms with Crippen molar-refractivity contribution >= 4 is 31.3 Å². The third-order valence-electron chi connectivity index (χ3n) is 5.63. The Labute approximate surface area is 206 Å². The lowest BCUT2D eigenvalue weighted by atomic mass is 10.1. The molecular formula is C22H24F4N2O6S2. The van der Waals surface area contributed by atoms with E-state index >= 15 is 0 Å². The molecule has 0 spiro atoms. The SMILES string of the molecule is C[C@H](Oc1ccc(S(C)(=O)=O)cc1C(=O)N1CCN(c2ccc(S(C)(=O)=O)cc2F)CC1)C(F)(F)F. The van der Waals surface area contributed by atoms with Gasteiger partial charge in [0.25, 0.3) is 5.91 Å². The molecule has 0 radical (unpaired) electrons. The fourth-order valence-electron chi connectivity index (χ4n) is 3.56. The lowest BCUT2D eigenvalue weighted by Crippen LogP contribution is -2.49. The molecule has 14 heteroatoms. The standard InChI is InChI=1S/C22H24F4N2O6S2/c1-14(22(24,25)26)34-20-7-5-15(35(2,30)31)12-17(20)21(29)28-10-8-27(9-11-28)19-6-4-16(13-18(19)23)36(3,32)33/h4-7,12-14H,8-11H2,1-3H3/t14-/m0/s1. The van der Waals surface area contributed by atoms with Crippen LogP contribution in [0.25, 0.3) is 0 Å². The Kier molecular flexibility index (Phi) is 7.61. The van der Waals surface area contributed by atoms with E-state index in [4.69, 9.17) is 4.74 Å². The zero-order valence-electron chi connectivity index (χ0n) is 19.5. The van der Waals surface area contributed by atoms with Gasteiger partial charge in [-0.1, -0.05) is 0 Å². The second-order valence-corrected chi connectivity index (χ2v) is 12.4. The van der Waals surface area contributed by atoms with Crippen LogP contribution < -0.4 is 9.64 Å². The maximum atomic E-state index is 14.6. The average Bonchev–Trinajstić information content (AvgIpc) is 2.77. The highest BCUT2D eigenvalue weighted by Crippen LogP contribution is 2.31. The number of hydrogen-bond acceptors (Lipinski definition) is 7. The first kappa shape index (κ1) is 27.7. The van der Waals surface area contributed by atoms with Crippen molar-refractivity contribution in [1.29, 1.82) is 0 Å². The molecule has 36 heavy (non-hydrogen) atoms. The van der Waals surface area contributed by atoms with Gasteiger partial charge in [0.05, 0.1) is 21.0 Å². The summed E-state index contributed by atoms with van der Waals surface area (Å²) in [6, 6.07) is 6.55. The molecule has 198 valence electrons. The largest absolute Gasteiger partial charge is 0.480 e. The summed E-state index contributed by atoms with van der Waals surface area (Å²) in [6.45, 7) is 1.14. The Balaban J connectivity index is 1.83. The number of carbonyl (C=O) groups is 1. The van der Waals surface area contributed by atoms with Gasteiger partial charge in [0.2, 0.25) is 0 Å². The van der Waals surface area contributed by atoms with Gasteiger partial charge in [0.1, 0.15) is 11.6 Å². The van der Waals surface area contributed by atoms with E-state index < -0.39 is 49.4 Å². The molecule has 0 aromatic heterocycles. The van der Waals surface area contributed by atoms with E-state index in [1.165, 1.54) is 17.0 Å². The molecule has 1 fully saturated rings. The highest BCUT2D eigenvalue weighted by Gasteiger charge is 2.39. The average molecular weight is 553 g/mol. The van der Waals surface area contributed by atoms with E-state index in [9.17, 15) is 39.2 Å². The third kappa shape index (κ3) is 6.27. The Morgan fingerprint density at radius 2 is 1.44 bits per heavy atom. The minimum absolute atomic E-state index is 0.0451. The summed E-state index contributed by atoms with van der Waals surface area (Å²) >= 11 is 0. The van der Waals surface area contributed by atoms with Crippen LogP contribution in [-0.4, -0.2) is 78.6 Å². The Bertz CT molecular complexity index is 1370. The highest BCUT2D eigenvalue weighted by atomic mass is 32.2. The van der Waals surface area contributed by atoms with Crippen molar-refractivity contribution in [3.8, 4) is 5.75 Å². The predicted molar refractivity (Wildman–Crippen MR) is 123 cm³/mol. The van der Waals surface area contributed by atoms with Crippen molar-refractivity contribution < 1.29 is 43.9 Å². The number of anilines is 1. The predicted octanol–water partition coefficient (Wildman–Crippen LogP) is 2.92. The molecule has 1 amide bonds. The summed E-state index contributed by atoms with van der Waals surface area (Å²) in [7, 11) is -7.36. The quantitative estimate of drug-likeness (QED) is 0.508. The van der Waals surface area contributed by atoms with Gasteiger partial charge >= 0.3 is 6.18 Å². The van der Waals surface area contributed by atoms with Crippen molar-refractivity contribution in [2.75, 3.05) is 43.6 Å². The zero-order valence-corrected chi connectivity index (χ0v) is 21.2. The molecule has 1 aliphatic heterocycles. The molecular weight excluding hydrogens is 528 g/mol. The van der Waals surface area contributed by atoms with Gasteiger partial charge < -0.3 is 14.5 Å². The number of benzene rings is 2. The first-order chi connectivity index (χ1) is 16.5. The van der Waals surface area contributed by atoms with Crippen LogP contribution in [0.15, 0.2) is 46.2 Å². The van der Waals surface area contributed by atoms with Gasteiger partial charge in [-0.15, -0.1) is 0 Å². The smallest absolute Gasteiger partial charge is 0.425 e. The van der Waals surface area contributed by atoms with Crippen molar-refractivity contribution in [1.82, 2.24) is 4.90 Å². The van der Waals surface area contributed by atoms with Crippen LogP contribution in [0, 0.1) is 5.82 Å². The topological polar surface area (TPSA) is 101 Å². The first-order valence-corrected chi connectivity index (χ1v) is 14.4. The molecule has 0 bridgehead atoms. The van der Waals surface area contributed by atoms with Crippen LogP contribution in [0.4, 0.5) is 23.2 Å². The molecule has 0 saturated carbocycles. The molecule has 0 aliphatic carbocycles.